The molecule has 4 atom stereocenters. The smallest absolute Gasteiger partial charge is 0.239 e. The maximum Gasteiger partial charge on any atom is 0.239 e. The lowest BCUT2D eigenvalue weighted by atomic mass is 9.91. The van der Waals surface area contributed by atoms with Gasteiger partial charge in [-0.15, -0.1) is 0 Å². The van der Waals surface area contributed by atoms with Crippen LogP contribution in [0.3, 0.4) is 0 Å². The molecular weight excluding hydrogens is 228 g/mol. The zero-order chi connectivity index (χ0) is 14.3. The van der Waals surface area contributed by atoms with Crippen LogP contribution in [0.1, 0.15) is 40.5 Å². The van der Waals surface area contributed by atoms with Crippen LogP contribution in [0.5, 0.6) is 0 Å². The molecule has 0 aliphatic rings. The van der Waals surface area contributed by atoms with Gasteiger partial charge >= 0.3 is 0 Å². The Labute approximate surface area is 112 Å². The number of ether oxygens (including phenoxy) is 1. The van der Waals surface area contributed by atoms with Crippen LogP contribution < -0.4 is 5.32 Å². The maximum atomic E-state index is 12.3. The lowest BCUT2D eigenvalue weighted by Gasteiger charge is -2.38. The van der Waals surface area contributed by atoms with Crippen molar-refractivity contribution in [3.8, 4) is 0 Å². The van der Waals surface area contributed by atoms with Crippen LogP contribution in [0.25, 0.3) is 0 Å². The predicted octanol–water partition coefficient (Wildman–Crippen LogP) is 1.89. The fourth-order valence-corrected chi connectivity index (χ4v) is 2.36. The molecule has 0 aromatic carbocycles. The second-order valence-corrected chi connectivity index (χ2v) is 5.02. The van der Waals surface area contributed by atoms with Crippen molar-refractivity contribution in [1.29, 1.82) is 0 Å². The Hall–Kier alpha value is -0.610. The number of nitrogens with zero attached hydrogens (tertiary/aromatic N) is 1. The summed E-state index contributed by atoms with van der Waals surface area (Å²) in [5.41, 5.74) is 0. The number of nitrogens with one attached hydrogen (secondary N) is 1. The first-order valence-electron chi connectivity index (χ1n) is 6.91. The molecule has 18 heavy (non-hydrogen) atoms. The normalized spacial score (nSPS) is 17.9. The van der Waals surface area contributed by atoms with Crippen molar-refractivity contribution in [3.63, 3.8) is 0 Å². The van der Waals surface area contributed by atoms with E-state index in [1.54, 1.807) is 7.11 Å². The second-order valence-electron chi connectivity index (χ2n) is 5.02. The fourth-order valence-electron chi connectivity index (χ4n) is 2.36. The molecule has 0 aliphatic carbocycles. The number of hydrogen-bond acceptors (Lipinski definition) is 3. The molecule has 0 aromatic rings. The number of carbonyl (C=O) groups is 1. The van der Waals surface area contributed by atoms with E-state index in [0.29, 0.717) is 5.92 Å². The fraction of sp³-hybridized carbons (Fsp3) is 0.929. The molecule has 0 aliphatic heterocycles. The summed E-state index contributed by atoms with van der Waals surface area (Å²) in [6, 6.07) is -0.0239. The molecule has 0 aromatic heterocycles. The van der Waals surface area contributed by atoms with E-state index in [4.69, 9.17) is 4.74 Å². The topological polar surface area (TPSA) is 41.6 Å². The van der Waals surface area contributed by atoms with E-state index in [1.165, 1.54) is 0 Å². The molecule has 4 nitrogen and oxygen atoms in total. The summed E-state index contributed by atoms with van der Waals surface area (Å²) in [6.45, 7) is 8.32. The highest BCUT2D eigenvalue weighted by atomic mass is 16.5. The number of hydrogen-bond donors (Lipinski definition) is 1. The Kier molecular flexibility index (Phi) is 8.20. The number of methoxy groups -OCH3 is 1. The maximum absolute atomic E-state index is 12.3. The zero-order valence-electron chi connectivity index (χ0n) is 13.0. The third-order valence-corrected chi connectivity index (χ3v) is 3.91. The Morgan fingerprint density at radius 1 is 1.28 bits per heavy atom. The lowest BCUT2D eigenvalue weighted by Crippen LogP contribution is -2.53. The van der Waals surface area contributed by atoms with Gasteiger partial charge in [0.2, 0.25) is 5.91 Å². The third-order valence-electron chi connectivity index (χ3n) is 3.91. The standard InChI is InChI=1S/C14H30N2O2/c1-8-10(3)13(12(9-2)18-7)16(6)14(17)11(4)15-5/h10-13,15H,8-9H2,1-7H3/t10-,11?,12?,13?/m0/s1. The second kappa shape index (κ2) is 8.48. The first-order valence-corrected chi connectivity index (χ1v) is 6.91. The van der Waals surface area contributed by atoms with E-state index in [1.807, 2.05) is 25.9 Å². The van der Waals surface area contributed by atoms with Crippen molar-refractivity contribution in [2.45, 2.75) is 58.7 Å². The highest BCUT2D eigenvalue weighted by Gasteiger charge is 2.32. The van der Waals surface area contributed by atoms with Gasteiger partial charge in [0.15, 0.2) is 0 Å². The molecule has 3 unspecified atom stereocenters. The number of likely N-dealkylation sites (N-methyl/N-ethyl adjacent to an activating group) is 2. The molecule has 0 bridgehead atoms. The molecule has 0 saturated carbocycles. The summed E-state index contributed by atoms with van der Waals surface area (Å²) in [7, 11) is 5.42. The first-order chi connectivity index (χ1) is 8.44. The molecule has 0 spiro atoms. The lowest BCUT2D eigenvalue weighted by molar-refractivity contribution is -0.138. The Balaban J connectivity index is 5.00. The van der Waals surface area contributed by atoms with Crippen molar-refractivity contribution < 1.29 is 9.53 Å². The Bertz CT molecular complexity index is 242. The average molecular weight is 258 g/mol. The van der Waals surface area contributed by atoms with Gasteiger partial charge in [0.05, 0.1) is 18.2 Å². The average Bonchev–Trinajstić information content (AvgIpc) is 2.41. The van der Waals surface area contributed by atoms with E-state index >= 15 is 0 Å². The van der Waals surface area contributed by atoms with Crippen molar-refractivity contribution in [2.75, 3.05) is 21.2 Å². The number of amides is 1. The first kappa shape index (κ1) is 17.4. The van der Waals surface area contributed by atoms with Gasteiger partial charge in [-0.25, -0.2) is 0 Å². The molecule has 0 saturated heterocycles. The van der Waals surface area contributed by atoms with Crippen molar-refractivity contribution >= 4 is 5.91 Å². The van der Waals surface area contributed by atoms with Gasteiger partial charge in [-0.2, -0.15) is 0 Å². The van der Waals surface area contributed by atoms with E-state index in [0.717, 1.165) is 12.8 Å². The molecule has 108 valence electrons. The Morgan fingerprint density at radius 2 is 1.83 bits per heavy atom. The van der Waals surface area contributed by atoms with Crippen LogP contribution in [0, 0.1) is 5.92 Å². The van der Waals surface area contributed by atoms with Crippen LogP contribution in [0.15, 0.2) is 0 Å². The van der Waals surface area contributed by atoms with Crippen LogP contribution in [0.2, 0.25) is 0 Å². The van der Waals surface area contributed by atoms with E-state index in [-0.39, 0.29) is 24.1 Å². The van der Waals surface area contributed by atoms with Crippen LogP contribution >= 0.6 is 0 Å². The van der Waals surface area contributed by atoms with Crippen molar-refractivity contribution in [3.05, 3.63) is 0 Å². The van der Waals surface area contributed by atoms with Crippen molar-refractivity contribution in [2.24, 2.45) is 5.92 Å². The molecule has 1 N–H and O–H groups in total. The molecule has 0 radical (unpaired) electrons. The minimum atomic E-state index is -0.157. The van der Waals surface area contributed by atoms with Gasteiger partial charge in [0.1, 0.15) is 0 Å². The monoisotopic (exact) mass is 258 g/mol. The highest BCUT2D eigenvalue weighted by molar-refractivity contribution is 5.81. The van der Waals surface area contributed by atoms with E-state index in [9.17, 15) is 4.79 Å². The van der Waals surface area contributed by atoms with Gasteiger partial charge in [-0.1, -0.05) is 27.2 Å². The van der Waals surface area contributed by atoms with E-state index < -0.39 is 0 Å². The SMILES string of the molecule is CCC(OC)C([C@@H](C)CC)N(C)C(=O)C(C)NC. The molecule has 0 heterocycles. The molecule has 0 rings (SSSR count). The number of rotatable bonds is 8. The summed E-state index contributed by atoms with van der Waals surface area (Å²) in [5.74, 6) is 0.547. The molecular formula is C14H30N2O2. The minimum Gasteiger partial charge on any atom is -0.379 e. The molecule has 4 heteroatoms. The van der Waals surface area contributed by atoms with Gasteiger partial charge < -0.3 is 15.0 Å². The summed E-state index contributed by atoms with van der Waals surface area (Å²) >= 11 is 0. The van der Waals surface area contributed by atoms with Gasteiger partial charge in [-0.3, -0.25) is 4.79 Å². The van der Waals surface area contributed by atoms with Gasteiger partial charge in [0.25, 0.3) is 0 Å². The summed E-state index contributed by atoms with van der Waals surface area (Å²) in [5, 5.41) is 3.00. The van der Waals surface area contributed by atoms with Crippen LogP contribution in [0.4, 0.5) is 0 Å². The number of carbonyl (C=O) groups excluding carboxylic acids is 1. The van der Waals surface area contributed by atoms with Gasteiger partial charge in [-0.05, 0) is 26.3 Å². The minimum absolute atomic E-state index is 0.0953. The van der Waals surface area contributed by atoms with Crippen LogP contribution in [-0.4, -0.2) is 50.2 Å². The van der Waals surface area contributed by atoms with Crippen LogP contribution in [-0.2, 0) is 9.53 Å². The summed E-state index contributed by atoms with van der Waals surface area (Å²) in [6.07, 6.45) is 2.05. The summed E-state index contributed by atoms with van der Waals surface area (Å²) < 4.78 is 5.55. The quantitative estimate of drug-likeness (QED) is 0.723. The zero-order valence-corrected chi connectivity index (χ0v) is 13.0. The third kappa shape index (κ3) is 4.25. The molecule has 1 amide bonds. The van der Waals surface area contributed by atoms with E-state index in [2.05, 4.69) is 26.1 Å². The van der Waals surface area contributed by atoms with Gasteiger partial charge in [0, 0.05) is 14.2 Å². The van der Waals surface area contributed by atoms with Crippen molar-refractivity contribution in [1.82, 2.24) is 10.2 Å². The summed E-state index contributed by atoms with van der Waals surface area (Å²) in [4.78, 5) is 14.1. The highest BCUT2D eigenvalue weighted by Crippen LogP contribution is 2.21. The molecule has 0 fully saturated rings. The Morgan fingerprint density at radius 3 is 2.17 bits per heavy atom. The predicted molar refractivity (Wildman–Crippen MR) is 75.6 cm³/mol. The largest absolute Gasteiger partial charge is 0.379 e.